The van der Waals surface area contributed by atoms with Crippen LogP contribution in [-0.2, 0) is 6.42 Å². The zero-order chi connectivity index (χ0) is 11.3. The third kappa shape index (κ3) is 1.42. The highest BCUT2D eigenvalue weighted by atomic mass is 15.3. The number of fused-ring (bicyclic) bond motifs is 1. The highest BCUT2D eigenvalue weighted by molar-refractivity contribution is 5.26. The second-order valence-electron chi connectivity index (χ2n) is 5.74. The lowest BCUT2D eigenvalue weighted by Gasteiger charge is -2.11. The van der Waals surface area contributed by atoms with E-state index in [1.165, 1.54) is 30.7 Å². The molecule has 2 saturated carbocycles. The topological polar surface area (TPSA) is 17.8 Å². The predicted octanol–water partition coefficient (Wildman–Crippen LogP) is 3.54. The summed E-state index contributed by atoms with van der Waals surface area (Å²) < 4.78 is 2.28. The molecule has 0 bridgehead atoms. The van der Waals surface area contributed by atoms with Gasteiger partial charge in [-0.15, -0.1) is 0 Å². The largest absolute Gasteiger partial charge is 0.267 e. The van der Waals surface area contributed by atoms with Crippen LogP contribution in [0.5, 0.6) is 0 Å². The van der Waals surface area contributed by atoms with Crippen LogP contribution in [-0.4, -0.2) is 9.78 Å². The number of hydrogen-bond donors (Lipinski definition) is 0. The van der Waals surface area contributed by atoms with Gasteiger partial charge < -0.3 is 0 Å². The fraction of sp³-hybridized carbons (Fsp3) is 0.786. The number of aromatic nitrogens is 2. The summed E-state index contributed by atoms with van der Waals surface area (Å²) in [6, 6.07) is 2.87. The molecule has 0 aromatic carbocycles. The summed E-state index contributed by atoms with van der Waals surface area (Å²) in [5, 5.41) is 4.73. The van der Waals surface area contributed by atoms with Gasteiger partial charge in [0.05, 0.1) is 5.69 Å². The van der Waals surface area contributed by atoms with E-state index in [0.717, 1.165) is 24.2 Å². The van der Waals surface area contributed by atoms with Gasteiger partial charge in [-0.3, -0.25) is 4.68 Å². The molecule has 1 aromatic rings. The van der Waals surface area contributed by atoms with Crippen molar-refractivity contribution in [3.63, 3.8) is 0 Å². The quantitative estimate of drug-likeness (QED) is 0.758. The van der Waals surface area contributed by atoms with E-state index >= 15 is 0 Å². The van der Waals surface area contributed by atoms with Crippen molar-refractivity contribution in [3.8, 4) is 0 Å². The molecule has 16 heavy (non-hydrogen) atoms. The second kappa shape index (κ2) is 3.61. The molecule has 2 fully saturated rings. The van der Waals surface area contributed by atoms with Crippen LogP contribution in [0.2, 0.25) is 0 Å². The van der Waals surface area contributed by atoms with Crippen molar-refractivity contribution in [2.75, 3.05) is 0 Å². The first-order valence-electron chi connectivity index (χ1n) is 6.80. The van der Waals surface area contributed by atoms with Gasteiger partial charge in [0.25, 0.3) is 0 Å². The highest BCUT2D eigenvalue weighted by Crippen LogP contribution is 2.63. The van der Waals surface area contributed by atoms with Gasteiger partial charge in [0.1, 0.15) is 0 Å². The van der Waals surface area contributed by atoms with Gasteiger partial charge in [-0.2, -0.15) is 5.10 Å². The van der Waals surface area contributed by atoms with E-state index in [9.17, 15) is 0 Å². The van der Waals surface area contributed by atoms with E-state index in [0.29, 0.717) is 6.04 Å². The zero-order valence-electron chi connectivity index (χ0n) is 10.6. The Morgan fingerprint density at radius 2 is 2.06 bits per heavy atom. The van der Waals surface area contributed by atoms with Gasteiger partial charge in [-0.1, -0.05) is 13.3 Å². The Labute approximate surface area is 98.0 Å². The second-order valence-corrected chi connectivity index (χ2v) is 5.74. The highest BCUT2D eigenvalue weighted by Gasteiger charge is 2.54. The monoisotopic (exact) mass is 218 g/mol. The average Bonchev–Trinajstić information content (AvgIpc) is 2.74. The lowest BCUT2D eigenvalue weighted by molar-refractivity contribution is 0.493. The molecule has 0 N–H and O–H groups in total. The molecule has 2 aliphatic rings. The van der Waals surface area contributed by atoms with E-state index in [2.05, 4.69) is 31.5 Å². The van der Waals surface area contributed by atoms with Crippen LogP contribution in [0.25, 0.3) is 0 Å². The van der Waals surface area contributed by atoms with Crippen LogP contribution < -0.4 is 0 Å². The molecule has 3 atom stereocenters. The molecule has 0 saturated heterocycles. The van der Waals surface area contributed by atoms with Gasteiger partial charge in [-0.25, -0.2) is 0 Å². The van der Waals surface area contributed by atoms with Crippen LogP contribution in [0.3, 0.4) is 0 Å². The summed E-state index contributed by atoms with van der Waals surface area (Å²) in [7, 11) is 0. The first-order valence-corrected chi connectivity index (χ1v) is 6.80. The molecule has 0 spiro atoms. The molecule has 1 heterocycles. The van der Waals surface area contributed by atoms with Gasteiger partial charge in [0, 0.05) is 17.7 Å². The summed E-state index contributed by atoms with van der Waals surface area (Å²) in [6.07, 6.45) is 5.44. The van der Waals surface area contributed by atoms with Crippen LogP contribution in [0.1, 0.15) is 63.4 Å². The van der Waals surface area contributed by atoms with Gasteiger partial charge in [0.2, 0.25) is 0 Å². The molecule has 0 radical (unpaired) electrons. The molecular weight excluding hydrogens is 196 g/mol. The molecule has 2 heteroatoms. The Hall–Kier alpha value is -0.790. The molecular formula is C14H22N2. The minimum atomic E-state index is 0.511. The maximum Gasteiger partial charge on any atom is 0.0625 e. The van der Waals surface area contributed by atoms with Crippen LogP contribution in [0.4, 0.5) is 0 Å². The fourth-order valence-corrected chi connectivity index (χ4v) is 3.56. The van der Waals surface area contributed by atoms with E-state index in [1.807, 2.05) is 0 Å². The number of nitrogens with zero attached hydrogens (tertiary/aromatic N) is 2. The van der Waals surface area contributed by atoms with Crippen molar-refractivity contribution in [1.82, 2.24) is 9.78 Å². The molecule has 0 aliphatic heterocycles. The van der Waals surface area contributed by atoms with Crippen molar-refractivity contribution in [2.24, 2.45) is 11.8 Å². The van der Waals surface area contributed by atoms with Crippen molar-refractivity contribution in [3.05, 3.63) is 17.5 Å². The zero-order valence-corrected chi connectivity index (χ0v) is 10.6. The van der Waals surface area contributed by atoms with E-state index in [-0.39, 0.29) is 0 Å². The van der Waals surface area contributed by atoms with Gasteiger partial charge >= 0.3 is 0 Å². The van der Waals surface area contributed by atoms with Crippen molar-refractivity contribution in [2.45, 2.75) is 58.4 Å². The normalized spacial score (nSPS) is 32.1. The van der Waals surface area contributed by atoms with Gasteiger partial charge in [-0.05, 0) is 51.0 Å². The standard InChI is InChI=1S/C14H22N2/c1-4-10-8-13(16(15-10)9(2)3)14-11-6-5-7-12(11)14/h8-9,11-12,14H,4-7H2,1-3H3/t11-,12+,14?. The molecule has 2 aliphatic carbocycles. The number of aryl methyl sites for hydroxylation is 1. The third-order valence-electron chi connectivity index (χ3n) is 4.41. The molecule has 1 unspecified atom stereocenters. The van der Waals surface area contributed by atoms with E-state index in [1.54, 1.807) is 0 Å². The average molecular weight is 218 g/mol. The Morgan fingerprint density at radius 1 is 1.38 bits per heavy atom. The maximum absolute atomic E-state index is 4.73. The van der Waals surface area contributed by atoms with Crippen molar-refractivity contribution >= 4 is 0 Å². The first kappa shape index (κ1) is 10.4. The summed E-state index contributed by atoms with van der Waals surface area (Å²) >= 11 is 0. The SMILES string of the molecule is CCc1cc(C2[C@H]3CCC[C@@H]23)n(C(C)C)n1. The molecule has 3 rings (SSSR count). The minimum Gasteiger partial charge on any atom is -0.267 e. The first-order chi connectivity index (χ1) is 7.72. The predicted molar refractivity (Wildman–Crippen MR) is 65.6 cm³/mol. The van der Waals surface area contributed by atoms with Crippen molar-refractivity contribution in [1.29, 1.82) is 0 Å². The van der Waals surface area contributed by atoms with Crippen LogP contribution in [0, 0.1) is 11.8 Å². The van der Waals surface area contributed by atoms with Gasteiger partial charge in [0.15, 0.2) is 0 Å². The Balaban J connectivity index is 1.91. The molecule has 1 aromatic heterocycles. The van der Waals surface area contributed by atoms with E-state index < -0.39 is 0 Å². The smallest absolute Gasteiger partial charge is 0.0625 e. The molecule has 0 amide bonds. The third-order valence-corrected chi connectivity index (χ3v) is 4.41. The lowest BCUT2D eigenvalue weighted by atomic mass is 10.1. The van der Waals surface area contributed by atoms with E-state index in [4.69, 9.17) is 5.10 Å². The Morgan fingerprint density at radius 3 is 2.62 bits per heavy atom. The number of hydrogen-bond acceptors (Lipinski definition) is 1. The summed E-state index contributed by atoms with van der Waals surface area (Å²) in [4.78, 5) is 0. The number of rotatable bonds is 3. The van der Waals surface area contributed by atoms with Crippen molar-refractivity contribution < 1.29 is 0 Å². The summed E-state index contributed by atoms with van der Waals surface area (Å²) in [5.74, 6) is 2.85. The summed E-state index contributed by atoms with van der Waals surface area (Å²) in [5.41, 5.74) is 2.80. The van der Waals surface area contributed by atoms with Crippen LogP contribution in [0.15, 0.2) is 6.07 Å². The fourth-order valence-electron chi connectivity index (χ4n) is 3.56. The molecule has 2 nitrogen and oxygen atoms in total. The molecule has 88 valence electrons. The summed E-state index contributed by atoms with van der Waals surface area (Å²) in [6.45, 7) is 6.69. The lowest BCUT2D eigenvalue weighted by Crippen LogP contribution is -2.08. The minimum absolute atomic E-state index is 0.511. The Bertz CT molecular complexity index is 381. The maximum atomic E-state index is 4.73. The Kier molecular flexibility index (Phi) is 2.34. The van der Waals surface area contributed by atoms with Crippen LogP contribution >= 0.6 is 0 Å².